The number of amides is 1. The lowest BCUT2D eigenvalue weighted by molar-refractivity contribution is -0.101. The maximum Gasteiger partial charge on any atom is 0.255 e. The average molecular weight is 497 g/mol. The molecule has 35 heavy (non-hydrogen) atoms. The number of methoxy groups -OCH3 is 1. The summed E-state index contributed by atoms with van der Waals surface area (Å²) >= 11 is 6.37. The van der Waals surface area contributed by atoms with E-state index in [1.807, 2.05) is 18.2 Å². The summed E-state index contributed by atoms with van der Waals surface area (Å²) in [6.45, 7) is 1.95. The van der Waals surface area contributed by atoms with E-state index in [4.69, 9.17) is 30.5 Å². The number of benzene rings is 1. The van der Waals surface area contributed by atoms with Gasteiger partial charge in [0.05, 0.1) is 60.8 Å². The Balaban J connectivity index is 1.42. The van der Waals surface area contributed by atoms with Gasteiger partial charge >= 0.3 is 0 Å². The van der Waals surface area contributed by atoms with Crippen LogP contribution in [0.3, 0.4) is 0 Å². The Bertz CT molecular complexity index is 1270. The maximum atomic E-state index is 13.1. The quantitative estimate of drug-likeness (QED) is 0.455. The maximum absolute atomic E-state index is 13.1. The normalized spacial score (nSPS) is 22.6. The smallest absolute Gasteiger partial charge is 0.255 e. The van der Waals surface area contributed by atoms with Crippen LogP contribution in [0.4, 0.5) is 11.4 Å². The van der Waals surface area contributed by atoms with E-state index in [2.05, 4.69) is 20.6 Å². The van der Waals surface area contributed by atoms with Crippen LogP contribution in [0, 0.1) is 0 Å². The molecule has 1 amide bonds. The van der Waals surface area contributed by atoms with Crippen molar-refractivity contribution >= 4 is 28.9 Å². The van der Waals surface area contributed by atoms with Gasteiger partial charge in [-0.25, -0.2) is 0 Å². The van der Waals surface area contributed by atoms with E-state index < -0.39 is 0 Å². The minimum atomic E-state index is -0.153. The largest absolute Gasteiger partial charge is 0.493 e. The summed E-state index contributed by atoms with van der Waals surface area (Å²) in [4.78, 5) is 20.9. The van der Waals surface area contributed by atoms with E-state index in [0.717, 1.165) is 23.4 Å². The van der Waals surface area contributed by atoms with Crippen LogP contribution < -0.4 is 20.1 Å². The first-order chi connectivity index (χ1) is 17.1. The number of carbonyl (C=O) groups excluding carboxylic acids is 1. The predicted octanol–water partition coefficient (Wildman–Crippen LogP) is 3.88. The van der Waals surface area contributed by atoms with Crippen molar-refractivity contribution in [2.24, 2.45) is 0 Å². The zero-order valence-corrected chi connectivity index (χ0v) is 19.9. The highest BCUT2D eigenvalue weighted by Gasteiger charge is 2.48. The summed E-state index contributed by atoms with van der Waals surface area (Å²) in [5, 5.41) is 6.98. The van der Waals surface area contributed by atoms with Crippen LogP contribution in [0.2, 0.25) is 5.02 Å². The van der Waals surface area contributed by atoms with Crippen LogP contribution in [0.1, 0.15) is 28.4 Å². The van der Waals surface area contributed by atoms with E-state index in [1.54, 1.807) is 25.6 Å². The first kappa shape index (κ1) is 22.2. The fraction of sp³-hybridized carbons (Fsp3) is 0.360. The second-order valence-electron chi connectivity index (χ2n) is 8.78. The van der Waals surface area contributed by atoms with E-state index in [0.29, 0.717) is 59.9 Å². The van der Waals surface area contributed by atoms with E-state index in [1.165, 1.54) is 0 Å². The second-order valence-corrected chi connectivity index (χ2v) is 9.19. The number of pyridine rings is 1. The molecule has 0 spiro atoms. The summed E-state index contributed by atoms with van der Waals surface area (Å²) in [7, 11) is 1.56. The third-order valence-electron chi connectivity index (χ3n) is 6.53. The predicted molar refractivity (Wildman–Crippen MR) is 130 cm³/mol. The highest BCUT2D eigenvalue weighted by molar-refractivity contribution is 6.32. The molecule has 10 heteroatoms. The first-order valence-electron chi connectivity index (χ1n) is 11.6. The molecule has 1 saturated heterocycles. The number of carbonyl (C=O) groups is 1. The number of aromatic amines is 1. The molecule has 0 unspecified atom stereocenters. The molecule has 182 valence electrons. The molecule has 6 rings (SSSR count). The number of aromatic nitrogens is 2. The zero-order chi connectivity index (χ0) is 23.9. The number of rotatable bonds is 7. The fourth-order valence-electron chi connectivity index (χ4n) is 4.74. The molecule has 3 aromatic rings. The molecule has 0 radical (unpaired) electrons. The van der Waals surface area contributed by atoms with Crippen molar-refractivity contribution < 1.29 is 23.7 Å². The first-order valence-corrected chi connectivity index (χ1v) is 11.9. The van der Waals surface area contributed by atoms with Crippen LogP contribution >= 0.6 is 11.6 Å². The highest BCUT2D eigenvalue weighted by Crippen LogP contribution is 2.51. The lowest BCUT2D eigenvalue weighted by Gasteiger charge is -2.23. The number of anilines is 2. The van der Waals surface area contributed by atoms with Crippen LogP contribution in [-0.2, 0) is 9.47 Å². The van der Waals surface area contributed by atoms with Crippen LogP contribution in [0.5, 0.6) is 11.5 Å². The van der Waals surface area contributed by atoms with Gasteiger partial charge in [0.25, 0.3) is 5.91 Å². The molecule has 1 saturated carbocycles. The van der Waals surface area contributed by atoms with Gasteiger partial charge in [0.1, 0.15) is 18.5 Å². The van der Waals surface area contributed by atoms with Gasteiger partial charge in [0.2, 0.25) is 0 Å². The molecular formula is C25H25ClN4O5. The third kappa shape index (κ3) is 4.09. The van der Waals surface area contributed by atoms with Gasteiger partial charge in [-0.15, -0.1) is 0 Å². The van der Waals surface area contributed by atoms with Crippen molar-refractivity contribution in [3.8, 4) is 22.8 Å². The minimum Gasteiger partial charge on any atom is -0.493 e. The monoisotopic (exact) mass is 496 g/mol. The minimum absolute atomic E-state index is 0.117. The molecule has 2 aliphatic heterocycles. The number of halogens is 1. The zero-order valence-electron chi connectivity index (χ0n) is 19.1. The number of hydrogen-bond donors (Lipinski definition) is 3. The van der Waals surface area contributed by atoms with Gasteiger partial charge < -0.3 is 34.6 Å². The Kier molecular flexibility index (Phi) is 5.75. The Morgan fingerprint density at radius 3 is 3.03 bits per heavy atom. The highest BCUT2D eigenvalue weighted by atomic mass is 35.5. The summed E-state index contributed by atoms with van der Waals surface area (Å²) in [6, 6.07) is 7.49. The van der Waals surface area contributed by atoms with Crippen molar-refractivity contribution in [1.29, 1.82) is 0 Å². The Morgan fingerprint density at radius 2 is 2.20 bits per heavy atom. The van der Waals surface area contributed by atoms with E-state index >= 15 is 0 Å². The number of nitrogens with zero attached hydrogens (tertiary/aromatic N) is 1. The number of H-pyrrole nitrogens is 1. The Hall–Kier alpha value is -3.27. The summed E-state index contributed by atoms with van der Waals surface area (Å²) in [6.07, 6.45) is 4.13. The topological polar surface area (TPSA) is 107 Å². The molecular weight excluding hydrogens is 472 g/mol. The van der Waals surface area contributed by atoms with E-state index in [-0.39, 0.29) is 24.0 Å². The molecule has 9 nitrogen and oxygen atoms in total. The number of hydrogen-bond acceptors (Lipinski definition) is 7. The molecule has 1 aliphatic carbocycles. The van der Waals surface area contributed by atoms with Gasteiger partial charge in [-0.1, -0.05) is 17.7 Å². The number of fused-ring (bicyclic) bond motifs is 3. The van der Waals surface area contributed by atoms with Crippen molar-refractivity contribution in [3.05, 3.63) is 52.9 Å². The summed E-state index contributed by atoms with van der Waals surface area (Å²) in [5.41, 5.74) is 4.31. The SMILES string of the molecule is COc1c(Cl)cccc1Nc1c(-c2ccncc2OC[C@@H]2COCCO2)[nH]c2c1C(=O)N[C@H]1C[C@@H]21. The third-order valence-corrected chi connectivity index (χ3v) is 6.83. The van der Waals surface area contributed by atoms with Crippen LogP contribution in [-0.4, -0.2) is 61.6 Å². The molecule has 2 aromatic heterocycles. The molecule has 3 atom stereocenters. The molecule has 0 bridgehead atoms. The number of para-hydroxylation sites is 1. The van der Waals surface area contributed by atoms with Gasteiger partial charge in [0, 0.05) is 29.4 Å². The van der Waals surface area contributed by atoms with E-state index in [9.17, 15) is 4.79 Å². The Labute approximate surface area is 207 Å². The van der Waals surface area contributed by atoms with Crippen LogP contribution in [0.25, 0.3) is 11.3 Å². The van der Waals surface area contributed by atoms with Crippen molar-refractivity contribution in [1.82, 2.24) is 15.3 Å². The second kappa shape index (κ2) is 9.07. The van der Waals surface area contributed by atoms with Crippen molar-refractivity contribution in [2.75, 3.05) is 38.9 Å². The molecule has 4 heterocycles. The lowest BCUT2D eigenvalue weighted by atomic mass is 10.0. The summed E-state index contributed by atoms with van der Waals surface area (Å²) < 4.78 is 22.9. The molecule has 3 aliphatic rings. The van der Waals surface area contributed by atoms with Crippen molar-refractivity contribution in [3.63, 3.8) is 0 Å². The number of nitrogens with one attached hydrogen (secondary N) is 3. The van der Waals surface area contributed by atoms with Gasteiger partial charge in [0.15, 0.2) is 5.75 Å². The Morgan fingerprint density at radius 1 is 1.29 bits per heavy atom. The molecule has 1 aromatic carbocycles. The fourth-order valence-corrected chi connectivity index (χ4v) is 4.99. The summed E-state index contributed by atoms with van der Waals surface area (Å²) in [5.74, 6) is 1.22. The number of ether oxygens (including phenoxy) is 4. The standard InChI is InChI=1S/C25H25ClN4O5/c1-32-24-16(26)3-2-4-17(24)28-23-20-21(15-9-18(15)29-25(20)31)30-22(23)14-5-6-27-10-19(14)35-12-13-11-33-7-8-34-13/h2-6,10,13,15,18,28,30H,7-9,11-12H2,1H3,(H,29,31)/t13-,15+,18-/m0/s1. The molecule has 2 fully saturated rings. The van der Waals surface area contributed by atoms with Crippen LogP contribution in [0.15, 0.2) is 36.7 Å². The van der Waals surface area contributed by atoms with Gasteiger partial charge in [-0.3, -0.25) is 9.78 Å². The van der Waals surface area contributed by atoms with Gasteiger partial charge in [-0.05, 0) is 24.6 Å². The van der Waals surface area contributed by atoms with Gasteiger partial charge in [-0.2, -0.15) is 0 Å². The average Bonchev–Trinajstić information content (AvgIpc) is 3.55. The molecule has 3 N–H and O–H groups in total. The lowest BCUT2D eigenvalue weighted by Crippen LogP contribution is -2.33. The van der Waals surface area contributed by atoms with Crippen molar-refractivity contribution in [2.45, 2.75) is 24.5 Å².